The van der Waals surface area contributed by atoms with Gasteiger partial charge in [0.25, 0.3) is 5.56 Å². The van der Waals surface area contributed by atoms with Crippen molar-refractivity contribution in [3.63, 3.8) is 0 Å². The van der Waals surface area contributed by atoms with Crippen molar-refractivity contribution >= 4 is 0 Å². The van der Waals surface area contributed by atoms with Gasteiger partial charge in [-0.25, -0.2) is 4.98 Å². The Bertz CT molecular complexity index is 679. The standard InChI is InChI=1S/C16H21N3O2/c1-10(15-11(2)18-12(3)19-16(15)21)17-8-13-5-4-6-14(7-13)9-20/h4-7,10,17,20H,8-9H2,1-3H3,(H,18,19,21). The van der Waals surface area contributed by atoms with E-state index < -0.39 is 0 Å². The molecule has 0 aliphatic carbocycles. The lowest BCUT2D eigenvalue weighted by Gasteiger charge is -2.15. The van der Waals surface area contributed by atoms with Gasteiger partial charge in [0.2, 0.25) is 0 Å². The van der Waals surface area contributed by atoms with Gasteiger partial charge in [-0.15, -0.1) is 0 Å². The maximum Gasteiger partial charge on any atom is 0.255 e. The van der Waals surface area contributed by atoms with Crippen LogP contribution in [0.5, 0.6) is 0 Å². The lowest BCUT2D eigenvalue weighted by molar-refractivity contribution is 0.281. The largest absolute Gasteiger partial charge is 0.392 e. The molecule has 5 nitrogen and oxygen atoms in total. The molecule has 2 rings (SSSR count). The Balaban J connectivity index is 2.11. The SMILES string of the molecule is Cc1nc(C)c(C(C)NCc2cccc(CO)c2)c(=O)[nH]1. The van der Waals surface area contributed by atoms with Gasteiger partial charge < -0.3 is 15.4 Å². The molecule has 0 aliphatic heterocycles. The first kappa shape index (κ1) is 15.4. The van der Waals surface area contributed by atoms with Gasteiger partial charge in [0.15, 0.2) is 0 Å². The molecule has 1 aromatic heterocycles. The van der Waals surface area contributed by atoms with E-state index in [2.05, 4.69) is 15.3 Å². The van der Waals surface area contributed by atoms with E-state index in [1.165, 1.54) is 0 Å². The molecule has 0 amide bonds. The van der Waals surface area contributed by atoms with Crippen LogP contribution in [0.1, 0.15) is 41.2 Å². The molecule has 0 bridgehead atoms. The molecule has 21 heavy (non-hydrogen) atoms. The van der Waals surface area contributed by atoms with E-state index in [0.717, 1.165) is 16.8 Å². The fraction of sp³-hybridized carbons (Fsp3) is 0.375. The van der Waals surface area contributed by atoms with Crippen molar-refractivity contribution in [1.82, 2.24) is 15.3 Å². The third-order valence-electron chi connectivity index (χ3n) is 3.48. The van der Waals surface area contributed by atoms with Crippen molar-refractivity contribution < 1.29 is 5.11 Å². The third kappa shape index (κ3) is 3.77. The lowest BCUT2D eigenvalue weighted by Crippen LogP contribution is -2.27. The molecular weight excluding hydrogens is 266 g/mol. The Hall–Kier alpha value is -1.98. The molecule has 1 unspecified atom stereocenters. The smallest absolute Gasteiger partial charge is 0.255 e. The van der Waals surface area contributed by atoms with Crippen molar-refractivity contribution in [2.75, 3.05) is 0 Å². The number of aliphatic hydroxyl groups is 1. The van der Waals surface area contributed by atoms with Gasteiger partial charge in [-0.3, -0.25) is 4.79 Å². The molecule has 0 saturated heterocycles. The second-order valence-electron chi connectivity index (χ2n) is 5.23. The summed E-state index contributed by atoms with van der Waals surface area (Å²) in [6.07, 6.45) is 0. The summed E-state index contributed by atoms with van der Waals surface area (Å²) in [5, 5.41) is 12.5. The number of H-pyrrole nitrogens is 1. The fourth-order valence-electron chi connectivity index (χ4n) is 2.46. The highest BCUT2D eigenvalue weighted by Crippen LogP contribution is 2.12. The predicted molar refractivity (Wildman–Crippen MR) is 82.0 cm³/mol. The van der Waals surface area contributed by atoms with Crippen molar-refractivity contribution in [3.05, 3.63) is 62.8 Å². The Labute approximate surface area is 124 Å². The summed E-state index contributed by atoms with van der Waals surface area (Å²) in [7, 11) is 0. The summed E-state index contributed by atoms with van der Waals surface area (Å²) in [5.41, 5.74) is 3.28. The first-order valence-corrected chi connectivity index (χ1v) is 7.00. The normalized spacial score (nSPS) is 12.4. The van der Waals surface area contributed by atoms with Crippen LogP contribution in [0.2, 0.25) is 0 Å². The molecule has 0 spiro atoms. The first-order valence-electron chi connectivity index (χ1n) is 7.00. The molecule has 112 valence electrons. The number of aromatic nitrogens is 2. The Morgan fingerprint density at radius 2 is 2.05 bits per heavy atom. The number of benzene rings is 1. The van der Waals surface area contributed by atoms with Gasteiger partial charge in [0, 0.05) is 18.3 Å². The van der Waals surface area contributed by atoms with Crippen LogP contribution in [0.3, 0.4) is 0 Å². The molecule has 2 aromatic rings. The van der Waals surface area contributed by atoms with Gasteiger partial charge in [-0.05, 0) is 31.9 Å². The number of hydrogen-bond donors (Lipinski definition) is 3. The van der Waals surface area contributed by atoms with Crippen LogP contribution >= 0.6 is 0 Å². The quantitative estimate of drug-likeness (QED) is 0.782. The minimum absolute atomic E-state index is 0.0318. The summed E-state index contributed by atoms with van der Waals surface area (Å²) in [5.74, 6) is 0.629. The summed E-state index contributed by atoms with van der Waals surface area (Å²) in [6, 6.07) is 7.64. The lowest BCUT2D eigenvalue weighted by atomic mass is 10.1. The third-order valence-corrected chi connectivity index (χ3v) is 3.48. The predicted octanol–water partition coefficient (Wildman–Crippen LogP) is 1.73. The number of hydrogen-bond acceptors (Lipinski definition) is 4. The molecule has 0 aliphatic rings. The van der Waals surface area contributed by atoms with E-state index >= 15 is 0 Å². The molecule has 0 fully saturated rings. The summed E-state index contributed by atoms with van der Waals surface area (Å²) in [4.78, 5) is 19.1. The van der Waals surface area contributed by atoms with Crippen molar-refractivity contribution in [2.24, 2.45) is 0 Å². The van der Waals surface area contributed by atoms with Crippen molar-refractivity contribution in [2.45, 2.75) is 40.0 Å². The highest BCUT2D eigenvalue weighted by atomic mass is 16.3. The maximum absolute atomic E-state index is 12.0. The van der Waals surface area contributed by atoms with Crippen LogP contribution in [0, 0.1) is 13.8 Å². The monoisotopic (exact) mass is 287 g/mol. The van der Waals surface area contributed by atoms with E-state index in [4.69, 9.17) is 5.11 Å². The second kappa shape index (κ2) is 6.65. The molecule has 5 heteroatoms. The van der Waals surface area contributed by atoms with Crippen LogP contribution in [-0.4, -0.2) is 15.1 Å². The van der Waals surface area contributed by atoms with E-state index in [1.54, 1.807) is 6.92 Å². The minimum Gasteiger partial charge on any atom is -0.392 e. The second-order valence-corrected chi connectivity index (χ2v) is 5.23. The Kier molecular flexibility index (Phi) is 4.88. The fourth-order valence-corrected chi connectivity index (χ4v) is 2.46. The van der Waals surface area contributed by atoms with E-state index in [-0.39, 0.29) is 18.2 Å². The van der Waals surface area contributed by atoms with Crippen LogP contribution in [0.25, 0.3) is 0 Å². The molecule has 0 saturated carbocycles. The number of aromatic amines is 1. The molecule has 1 atom stereocenters. The van der Waals surface area contributed by atoms with Gasteiger partial charge in [-0.2, -0.15) is 0 Å². The molecule has 0 radical (unpaired) electrons. The Morgan fingerprint density at radius 1 is 1.33 bits per heavy atom. The average molecular weight is 287 g/mol. The van der Waals surface area contributed by atoms with Crippen molar-refractivity contribution in [1.29, 1.82) is 0 Å². The zero-order valence-corrected chi connectivity index (χ0v) is 12.6. The molecule has 3 N–H and O–H groups in total. The highest BCUT2D eigenvalue weighted by Gasteiger charge is 2.14. The van der Waals surface area contributed by atoms with E-state index in [0.29, 0.717) is 17.9 Å². The first-order chi connectivity index (χ1) is 10.0. The topological polar surface area (TPSA) is 78.0 Å². The number of aryl methyl sites for hydroxylation is 2. The van der Waals surface area contributed by atoms with E-state index in [9.17, 15) is 4.79 Å². The van der Waals surface area contributed by atoms with Crippen LogP contribution in [-0.2, 0) is 13.2 Å². The van der Waals surface area contributed by atoms with E-state index in [1.807, 2.05) is 38.1 Å². The van der Waals surface area contributed by atoms with Gasteiger partial charge in [0.05, 0.1) is 12.2 Å². The molecule has 1 aromatic carbocycles. The maximum atomic E-state index is 12.0. The molecule has 1 heterocycles. The highest BCUT2D eigenvalue weighted by molar-refractivity contribution is 5.24. The zero-order chi connectivity index (χ0) is 15.4. The minimum atomic E-state index is -0.0976. The van der Waals surface area contributed by atoms with Crippen LogP contribution in [0.4, 0.5) is 0 Å². The van der Waals surface area contributed by atoms with Gasteiger partial charge >= 0.3 is 0 Å². The summed E-state index contributed by atoms with van der Waals surface area (Å²) in [6.45, 7) is 6.23. The molecular formula is C16H21N3O2. The number of nitrogens with one attached hydrogen (secondary N) is 2. The Morgan fingerprint density at radius 3 is 2.71 bits per heavy atom. The van der Waals surface area contributed by atoms with Crippen LogP contribution in [0.15, 0.2) is 29.1 Å². The number of rotatable bonds is 5. The van der Waals surface area contributed by atoms with Gasteiger partial charge in [0.1, 0.15) is 5.82 Å². The summed E-state index contributed by atoms with van der Waals surface area (Å²) < 4.78 is 0. The zero-order valence-electron chi connectivity index (χ0n) is 12.6. The number of nitrogens with zero attached hydrogens (tertiary/aromatic N) is 1. The average Bonchev–Trinajstić information content (AvgIpc) is 2.44. The van der Waals surface area contributed by atoms with Crippen molar-refractivity contribution in [3.8, 4) is 0 Å². The number of aliphatic hydroxyl groups excluding tert-OH is 1. The summed E-state index contributed by atoms with van der Waals surface area (Å²) >= 11 is 0. The van der Waals surface area contributed by atoms with Crippen LogP contribution < -0.4 is 10.9 Å². The van der Waals surface area contributed by atoms with Gasteiger partial charge in [-0.1, -0.05) is 24.3 Å².